The first-order valence-electron chi connectivity index (χ1n) is 4.71. The van der Waals surface area contributed by atoms with Crippen molar-refractivity contribution in [3.8, 4) is 0 Å². The molecule has 0 aliphatic carbocycles. The Balaban J connectivity index is 3.70. The lowest BCUT2D eigenvalue weighted by Gasteiger charge is -2.27. The van der Waals surface area contributed by atoms with Crippen LogP contribution in [0.1, 0.15) is 19.8 Å². The van der Waals surface area contributed by atoms with Crippen molar-refractivity contribution in [2.45, 2.75) is 25.9 Å². The summed E-state index contributed by atoms with van der Waals surface area (Å²) in [6.07, 6.45) is 1.39. The van der Waals surface area contributed by atoms with Crippen LogP contribution in [-0.2, 0) is 9.68 Å². The minimum Gasteiger partial charge on any atom is -0.477 e. The maximum absolute atomic E-state index is 10.5. The summed E-state index contributed by atoms with van der Waals surface area (Å²) in [4.78, 5) is 14.6. The minimum atomic E-state index is -0.790. The van der Waals surface area contributed by atoms with E-state index in [0.717, 1.165) is 19.4 Å². The summed E-state index contributed by atoms with van der Waals surface area (Å²) < 4.78 is 0.452. The van der Waals surface area contributed by atoms with Crippen molar-refractivity contribution in [2.24, 2.45) is 0 Å². The molecule has 0 radical (unpaired) electrons. The number of aliphatic carboxylic acids is 1. The van der Waals surface area contributed by atoms with Crippen LogP contribution in [0.5, 0.6) is 0 Å². The molecule has 1 unspecified atom stereocenters. The number of rotatable bonds is 7. The van der Waals surface area contributed by atoms with Gasteiger partial charge >= 0.3 is 5.97 Å². The third-order valence-corrected chi connectivity index (χ3v) is 2.12. The summed E-state index contributed by atoms with van der Waals surface area (Å²) in [6.45, 7) is 2.66. The molecule has 0 aliphatic rings. The van der Waals surface area contributed by atoms with Gasteiger partial charge < -0.3 is 9.59 Å². The second-order valence-electron chi connectivity index (χ2n) is 4.27. The Labute approximate surface area is 84.4 Å². The fourth-order valence-corrected chi connectivity index (χ4v) is 1.30. The fraction of sp³-hybridized carbons (Fsp3) is 0.889. The highest BCUT2D eigenvalue weighted by Gasteiger charge is 2.19. The summed E-state index contributed by atoms with van der Waals surface area (Å²) in [6, 6.07) is 0. The van der Waals surface area contributed by atoms with E-state index in [-0.39, 0.29) is 12.6 Å². The van der Waals surface area contributed by atoms with Gasteiger partial charge in [-0.1, -0.05) is 0 Å². The first-order chi connectivity index (χ1) is 6.37. The summed E-state index contributed by atoms with van der Waals surface area (Å²) >= 11 is 0. The van der Waals surface area contributed by atoms with Crippen LogP contribution < -0.4 is 0 Å². The van der Waals surface area contributed by atoms with Crippen LogP contribution in [0.15, 0.2) is 0 Å². The Morgan fingerprint density at radius 1 is 1.50 bits per heavy atom. The Bertz CT molecular complexity index is 182. The molecule has 14 heavy (non-hydrogen) atoms. The third kappa shape index (κ3) is 6.82. The molecule has 0 rings (SSSR count). The van der Waals surface area contributed by atoms with Crippen LogP contribution in [0.25, 0.3) is 0 Å². The molecule has 5 nitrogen and oxygen atoms in total. The van der Waals surface area contributed by atoms with Gasteiger partial charge in [0, 0.05) is 0 Å². The quantitative estimate of drug-likeness (QED) is 0.367. The lowest BCUT2D eigenvalue weighted by atomic mass is 10.2. The van der Waals surface area contributed by atoms with Gasteiger partial charge in [0.15, 0.2) is 6.54 Å². The molecule has 2 N–H and O–H groups in total. The Hall–Kier alpha value is -0.650. The zero-order valence-corrected chi connectivity index (χ0v) is 9.06. The van der Waals surface area contributed by atoms with Crippen molar-refractivity contribution in [3.63, 3.8) is 0 Å². The zero-order chi connectivity index (χ0) is 11.2. The lowest BCUT2D eigenvalue weighted by Crippen LogP contribution is -2.44. The number of quaternary nitrogens is 1. The van der Waals surface area contributed by atoms with Crippen LogP contribution >= 0.6 is 0 Å². The van der Waals surface area contributed by atoms with Gasteiger partial charge in [-0.25, -0.2) is 9.68 Å². The number of nitrogens with zero attached hydrogens (tertiary/aromatic N) is 1. The van der Waals surface area contributed by atoms with Crippen LogP contribution in [0.3, 0.4) is 0 Å². The molecule has 0 saturated carbocycles. The minimum absolute atomic E-state index is 0.119. The standard InChI is InChI=1S/C9H19NO4/c1-8(14-13)5-4-6-10(2,3)7-9(11)12/h8H,4-7H2,1-3H3,(H-,11,12,13)/p+1. The molecule has 1 atom stereocenters. The van der Waals surface area contributed by atoms with Crippen molar-refractivity contribution in [3.05, 3.63) is 0 Å². The van der Waals surface area contributed by atoms with Gasteiger partial charge in [-0.3, -0.25) is 5.26 Å². The van der Waals surface area contributed by atoms with E-state index in [9.17, 15) is 4.79 Å². The van der Waals surface area contributed by atoms with Gasteiger partial charge in [0.1, 0.15) is 0 Å². The number of likely N-dealkylation sites (N-methyl/N-ethyl adjacent to an activating group) is 1. The lowest BCUT2D eigenvalue weighted by molar-refractivity contribution is -0.883. The van der Waals surface area contributed by atoms with E-state index in [1.165, 1.54) is 0 Å². The molecule has 0 saturated heterocycles. The molecule has 0 aromatic rings. The number of hydrogen-bond acceptors (Lipinski definition) is 3. The molecule has 0 bridgehead atoms. The highest BCUT2D eigenvalue weighted by molar-refractivity contribution is 5.67. The van der Waals surface area contributed by atoms with E-state index in [0.29, 0.717) is 4.48 Å². The molecule has 5 heteroatoms. The number of carboxylic acid groups (broad SMARTS) is 1. The molecule has 0 aliphatic heterocycles. The van der Waals surface area contributed by atoms with Crippen LogP contribution in [0.2, 0.25) is 0 Å². The first-order valence-corrected chi connectivity index (χ1v) is 4.71. The summed E-state index contributed by atoms with van der Waals surface area (Å²) in [7, 11) is 3.75. The van der Waals surface area contributed by atoms with E-state index in [2.05, 4.69) is 4.89 Å². The number of carboxylic acids is 1. The van der Waals surface area contributed by atoms with Crippen molar-refractivity contribution < 1.29 is 24.5 Å². The average Bonchev–Trinajstić information content (AvgIpc) is 2.01. The molecule has 0 aromatic carbocycles. The molecule has 0 aromatic heterocycles. The van der Waals surface area contributed by atoms with Gasteiger partial charge in [0.25, 0.3) is 0 Å². The monoisotopic (exact) mass is 206 g/mol. The first kappa shape index (κ1) is 13.4. The normalized spacial score (nSPS) is 14.0. The Morgan fingerprint density at radius 2 is 2.07 bits per heavy atom. The van der Waals surface area contributed by atoms with Crippen molar-refractivity contribution in [2.75, 3.05) is 27.2 Å². The predicted octanol–water partition coefficient (Wildman–Crippen LogP) is 0.806. The maximum atomic E-state index is 10.5. The highest BCUT2D eigenvalue weighted by Crippen LogP contribution is 2.05. The van der Waals surface area contributed by atoms with E-state index < -0.39 is 5.97 Å². The van der Waals surface area contributed by atoms with Gasteiger partial charge in [-0.15, -0.1) is 0 Å². The van der Waals surface area contributed by atoms with E-state index in [4.69, 9.17) is 10.4 Å². The molecule has 0 fully saturated rings. The average molecular weight is 206 g/mol. The van der Waals surface area contributed by atoms with Crippen molar-refractivity contribution in [1.29, 1.82) is 0 Å². The molecule has 84 valence electrons. The zero-order valence-electron chi connectivity index (χ0n) is 9.06. The number of carbonyl (C=O) groups is 1. The molecular weight excluding hydrogens is 186 g/mol. The smallest absolute Gasteiger partial charge is 0.359 e. The Morgan fingerprint density at radius 3 is 2.50 bits per heavy atom. The second-order valence-corrected chi connectivity index (χ2v) is 4.27. The molecular formula is C9H20NO4+. The van der Waals surface area contributed by atoms with Gasteiger partial charge in [-0.2, -0.15) is 0 Å². The number of hydrogen-bond donors (Lipinski definition) is 2. The van der Waals surface area contributed by atoms with Crippen molar-refractivity contribution >= 4 is 5.97 Å². The van der Waals surface area contributed by atoms with E-state index >= 15 is 0 Å². The Kier molecular flexibility index (Phi) is 5.68. The van der Waals surface area contributed by atoms with Crippen molar-refractivity contribution in [1.82, 2.24) is 0 Å². The largest absolute Gasteiger partial charge is 0.477 e. The molecule has 0 amide bonds. The van der Waals surface area contributed by atoms with Crippen LogP contribution in [0.4, 0.5) is 0 Å². The maximum Gasteiger partial charge on any atom is 0.359 e. The molecule has 0 spiro atoms. The van der Waals surface area contributed by atoms with Gasteiger partial charge in [0.05, 0.1) is 26.7 Å². The predicted molar refractivity (Wildman–Crippen MR) is 51.9 cm³/mol. The van der Waals surface area contributed by atoms with Gasteiger partial charge in [0.2, 0.25) is 0 Å². The van der Waals surface area contributed by atoms with E-state index in [1.54, 1.807) is 6.92 Å². The fourth-order valence-electron chi connectivity index (χ4n) is 1.30. The highest BCUT2D eigenvalue weighted by atomic mass is 17.1. The van der Waals surface area contributed by atoms with Crippen LogP contribution in [-0.4, -0.2) is 54.1 Å². The summed E-state index contributed by atoms with van der Waals surface area (Å²) in [5.41, 5.74) is 0. The second kappa shape index (κ2) is 5.95. The van der Waals surface area contributed by atoms with Gasteiger partial charge in [-0.05, 0) is 19.8 Å². The molecule has 0 heterocycles. The SMILES string of the molecule is CC(CCC[N+](C)(C)CC(=O)O)OO. The third-order valence-electron chi connectivity index (χ3n) is 2.12. The topological polar surface area (TPSA) is 66.8 Å². The summed E-state index contributed by atoms with van der Waals surface area (Å²) in [5, 5.41) is 16.9. The van der Waals surface area contributed by atoms with E-state index in [1.807, 2.05) is 14.1 Å². The van der Waals surface area contributed by atoms with Crippen LogP contribution in [0, 0.1) is 0 Å². The summed E-state index contributed by atoms with van der Waals surface area (Å²) in [5.74, 6) is -0.790.